The lowest BCUT2D eigenvalue weighted by Crippen LogP contribution is -2.35. The van der Waals surface area contributed by atoms with E-state index in [1.807, 2.05) is 13.0 Å². The fourth-order valence-corrected chi connectivity index (χ4v) is 3.54. The Kier molecular flexibility index (Phi) is 7.35. The van der Waals surface area contributed by atoms with Crippen molar-refractivity contribution >= 4 is 50.8 Å². The quantitative estimate of drug-likeness (QED) is 0.573. The highest BCUT2D eigenvalue weighted by Crippen LogP contribution is 2.18. The fourth-order valence-electron chi connectivity index (χ4n) is 2.96. The van der Waals surface area contributed by atoms with Crippen molar-refractivity contribution in [3.05, 3.63) is 63.6 Å². The van der Waals surface area contributed by atoms with Crippen molar-refractivity contribution in [3.63, 3.8) is 0 Å². The molecule has 0 saturated carbocycles. The van der Waals surface area contributed by atoms with Gasteiger partial charge in [-0.25, -0.2) is 0 Å². The van der Waals surface area contributed by atoms with E-state index in [0.717, 1.165) is 29.5 Å². The van der Waals surface area contributed by atoms with Crippen molar-refractivity contribution < 1.29 is 14.3 Å². The number of anilines is 1. The zero-order chi connectivity index (χ0) is 20.8. The molecule has 152 valence electrons. The first-order chi connectivity index (χ1) is 13.9. The van der Waals surface area contributed by atoms with Crippen LogP contribution in [0.1, 0.15) is 39.1 Å². The lowest BCUT2D eigenvalue weighted by molar-refractivity contribution is 0.0858. The Balaban J connectivity index is 1.61. The minimum Gasteiger partial charge on any atom is -0.376 e. The van der Waals surface area contributed by atoms with E-state index in [-0.39, 0.29) is 23.0 Å². The van der Waals surface area contributed by atoms with Crippen LogP contribution in [0.3, 0.4) is 0 Å². The molecular weight excluding hydrogens is 454 g/mol. The van der Waals surface area contributed by atoms with E-state index in [1.165, 1.54) is 0 Å². The van der Waals surface area contributed by atoms with Crippen LogP contribution in [-0.4, -0.2) is 36.2 Å². The molecule has 0 spiro atoms. The van der Waals surface area contributed by atoms with Crippen molar-refractivity contribution in [2.75, 3.05) is 18.5 Å². The van der Waals surface area contributed by atoms with Crippen LogP contribution in [0.5, 0.6) is 0 Å². The van der Waals surface area contributed by atoms with Crippen LogP contribution in [0.15, 0.2) is 46.9 Å². The summed E-state index contributed by atoms with van der Waals surface area (Å²) in [7, 11) is 0. The van der Waals surface area contributed by atoms with Gasteiger partial charge in [0.1, 0.15) is 0 Å². The summed E-state index contributed by atoms with van der Waals surface area (Å²) < 4.78 is 6.38. The van der Waals surface area contributed by atoms with Gasteiger partial charge in [0.05, 0.1) is 17.4 Å². The Morgan fingerprint density at radius 3 is 2.72 bits per heavy atom. The monoisotopic (exact) mass is 475 g/mol. The summed E-state index contributed by atoms with van der Waals surface area (Å²) >= 11 is 8.68. The molecule has 2 aromatic carbocycles. The van der Waals surface area contributed by atoms with E-state index >= 15 is 0 Å². The van der Waals surface area contributed by atoms with Crippen LogP contribution in [0, 0.1) is 6.92 Å². The van der Waals surface area contributed by atoms with Crippen LogP contribution < -0.4 is 16.0 Å². The molecule has 1 unspecified atom stereocenters. The predicted molar refractivity (Wildman–Crippen MR) is 120 cm³/mol. The summed E-state index contributed by atoms with van der Waals surface area (Å²) in [6.07, 6.45) is 2.03. The minimum absolute atomic E-state index is 0.0632. The van der Waals surface area contributed by atoms with E-state index in [1.54, 1.807) is 36.4 Å². The summed E-state index contributed by atoms with van der Waals surface area (Å²) in [5, 5.41) is 8.59. The molecule has 1 aliphatic rings. The van der Waals surface area contributed by atoms with E-state index in [0.29, 0.717) is 23.4 Å². The lowest BCUT2D eigenvalue weighted by atomic mass is 10.1. The van der Waals surface area contributed by atoms with Gasteiger partial charge >= 0.3 is 0 Å². The summed E-state index contributed by atoms with van der Waals surface area (Å²) in [6.45, 7) is 3.15. The Morgan fingerprint density at radius 1 is 1.21 bits per heavy atom. The van der Waals surface area contributed by atoms with Gasteiger partial charge in [0.25, 0.3) is 11.8 Å². The molecular formula is C21H22BrN3O3S. The van der Waals surface area contributed by atoms with Gasteiger partial charge < -0.3 is 15.4 Å². The number of nitrogens with one attached hydrogen (secondary N) is 3. The van der Waals surface area contributed by atoms with E-state index < -0.39 is 0 Å². The maximum atomic E-state index is 12.6. The third-order valence-electron chi connectivity index (χ3n) is 4.60. The van der Waals surface area contributed by atoms with Crippen molar-refractivity contribution in [1.29, 1.82) is 0 Å². The van der Waals surface area contributed by atoms with E-state index in [9.17, 15) is 9.59 Å². The van der Waals surface area contributed by atoms with Gasteiger partial charge in [-0.05, 0) is 61.8 Å². The summed E-state index contributed by atoms with van der Waals surface area (Å²) in [6, 6.07) is 12.3. The number of para-hydroxylation sites is 1. The standard InChI is InChI=1S/C21H22BrN3O3S/c1-13-8-9-14(11-17(13)22)19(26)25-21(29)24-18-7-3-2-6-16(18)20(27)23-12-15-5-4-10-28-15/h2-3,6-9,11,15H,4-5,10,12H2,1H3,(H,23,27)(H2,24,25,26,29). The van der Waals surface area contributed by atoms with Crippen LogP contribution in [0.4, 0.5) is 5.69 Å². The lowest BCUT2D eigenvalue weighted by Gasteiger charge is -2.15. The maximum absolute atomic E-state index is 12.6. The molecule has 8 heteroatoms. The first-order valence-corrected chi connectivity index (χ1v) is 10.5. The van der Waals surface area contributed by atoms with Gasteiger partial charge in [-0.1, -0.05) is 34.1 Å². The average Bonchev–Trinajstić information content (AvgIpc) is 3.22. The molecule has 2 aromatic rings. The van der Waals surface area contributed by atoms with Gasteiger partial charge in [-0.2, -0.15) is 0 Å². The number of halogens is 1. The van der Waals surface area contributed by atoms with Gasteiger partial charge in [-0.15, -0.1) is 0 Å². The Morgan fingerprint density at radius 2 is 2.00 bits per heavy atom. The van der Waals surface area contributed by atoms with Crippen molar-refractivity contribution in [2.24, 2.45) is 0 Å². The smallest absolute Gasteiger partial charge is 0.257 e. The number of aryl methyl sites for hydroxylation is 1. The maximum Gasteiger partial charge on any atom is 0.257 e. The predicted octanol–water partition coefficient (Wildman–Crippen LogP) is 3.79. The van der Waals surface area contributed by atoms with Gasteiger partial charge in [0.2, 0.25) is 0 Å². The summed E-state index contributed by atoms with van der Waals surface area (Å²) in [4.78, 5) is 25.0. The highest BCUT2D eigenvalue weighted by atomic mass is 79.9. The molecule has 3 rings (SSSR count). The average molecular weight is 476 g/mol. The molecule has 29 heavy (non-hydrogen) atoms. The molecule has 0 aliphatic carbocycles. The number of carbonyl (C=O) groups excluding carboxylic acids is 2. The van der Waals surface area contributed by atoms with Gasteiger partial charge in [-0.3, -0.25) is 14.9 Å². The third-order valence-corrected chi connectivity index (χ3v) is 5.65. The van der Waals surface area contributed by atoms with Crippen LogP contribution >= 0.6 is 28.1 Å². The second kappa shape index (κ2) is 9.96. The molecule has 1 atom stereocenters. The molecule has 6 nitrogen and oxygen atoms in total. The van der Waals surface area contributed by atoms with Crippen LogP contribution in [0.25, 0.3) is 0 Å². The first kappa shape index (κ1) is 21.4. The molecule has 0 radical (unpaired) electrons. The highest BCUT2D eigenvalue weighted by molar-refractivity contribution is 9.10. The molecule has 0 bridgehead atoms. The number of thiocarbonyl (C=S) groups is 1. The molecule has 1 aliphatic heterocycles. The Labute approximate surface area is 183 Å². The van der Waals surface area contributed by atoms with Crippen molar-refractivity contribution in [3.8, 4) is 0 Å². The van der Waals surface area contributed by atoms with Crippen LogP contribution in [-0.2, 0) is 4.74 Å². The molecule has 0 aromatic heterocycles. The zero-order valence-corrected chi connectivity index (χ0v) is 18.4. The highest BCUT2D eigenvalue weighted by Gasteiger charge is 2.18. The van der Waals surface area contributed by atoms with Crippen LogP contribution in [0.2, 0.25) is 0 Å². The normalized spacial score (nSPS) is 15.6. The SMILES string of the molecule is Cc1ccc(C(=O)NC(=S)Nc2ccccc2C(=O)NCC2CCCO2)cc1Br. The zero-order valence-electron chi connectivity index (χ0n) is 16.0. The topological polar surface area (TPSA) is 79.5 Å². The Bertz CT molecular complexity index is 929. The van der Waals surface area contributed by atoms with E-state index in [4.69, 9.17) is 17.0 Å². The number of carbonyl (C=O) groups is 2. The minimum atomic E-state index is -0.330. The Hall–Kier alpha value is -2.29. The molecule has 1 fully saturated rings. The summed E-state index contributed by atoms with van der Waals surface area (Å²) in [5.41, 5.74) is 2.48. The third kappa shape index (κ3) is 5.85. The number of rotatable bonds is 5. The number of amides is 2. The van der Waals surface area contributed by atoms with E-state index in [2.05, 4.69) is 31.9 Å². The van der Waals surface area contributed by atoms with Crippen molar-refractivity contribution in [2.45, 2.75) is 25.9 Å². The second-order valence-electron chi connectivity index (χ2n) is 6.76. The molecule has 1 heterocycles. The largest absolute Gasteiger partial charge is 0.376 e. The fraction of sp³-hybridized carbons (Fsp3) is 0.286. The number of hydrogen-bond donors (Lipinski definition) is 3. The van der Waals surface area contributed by atoms with Gasteiger partial charge in [0, 0.05) is 23.2 Å². The number of benzene rings is 2. The molecule has 1 saturated heterocycles. The molecule has 3 N–H and O–H groups in total. The van der Waals surface area contributed by atoms with Gasteiger partial charge in [0.15, 0.2) is 5.11 Å². The van der Waals surface area contributed by atoms with Crippen molar-refractivity contribution in [1.82, 2.24) is 10.6 Å². The second-order valence-corrected chi connectivity index (χ2v) is 8.03. The number of ether oxygens (including phenoxy) is 1. The number of hydrogen-bond acceptors (Lipinski definition) is 4. The summed E-state index contributed by atoms with van der Waals surface area (Å²) in [5.74, 6) is -0.552. The first-order valence-electron chi connectivity index (χ1n) is 9.31. The molecule has 2 amide bonds.